The number of likely N-dealkylation sites (tertiary alicyclic amines) is 1. The SMILES string of the molecule is COCCc1cc2nc(-c3nnc4ccc([C@H](N5CCC(C)(N)C5)C(F)(F)F)cn34)ccc2cc1F. The minimum atomic E-state index is -4.49. The van der Waals surface area contributed by atoms with Gasteiger partial charge in [0.15, 0.2) is 11.5 Å². The number of hydrogen-bond acceptors (Lipinski definition) is 6. The van der Waals surface area contributed by atoms with Gasteiger partial charge in [-0.2, -0.15) is 13.2 Å². The molecule has 1 saturated heterocycles. The van der Waals surface area contributed by atoms with Crippen molar-refractivity contribution >= 4 is 16.6 Å². The third kappa shape index (κ3) is 4.65. The van der Waals surface area contributed by atoms with Gasteiger partial charge in [-0.25, -0.2) is 9.37 Å². The van der Waals surface area contributed by atoms with Crippen molar-refractivity contribution in [2.24, 2.45) is 5.73 Å². The van der Waals surface area contributed by atoms with Gasteiger partial charge in [0.25, 0.3) is 0 Å². The summed E-state index contributed by atoms with van der Waals surface area (Å²) in [4.78, 5) is 5.99. The zero-order valence-corrected chi connectivity index (χ0v) is 19.9. The van der Waals surface area contributed by atoms with Crippen molar-refractivity contribution in [1.29, 1.82) is 0 Å². The first-order chi connectivity index (χ1) is 17.1. The van der Waals surface area contributed by atoms with Crippen LogP contribution in [0, 0.1) is 5.82 Å². The van der Waals surface area contributed by atoms with Gasteiger partial charge in [0.2, 0.25) is 0 Å². The average molecular weight is 503 g/mol. The summed E-state index contributed by atoms with van der Waals surface area (Å²) in [5.41, 5.74) is 7.32. The molecule has 36 heavy (non-hydrogen) atoms. The van der Waals surface area contributed by atoms with E-state index < -0.39 is 17.8 Å². The molecule has 11 heteroatoms. The van der Waals surface area contributed by atoms with Crippen molar-refractivity contribution in [2.75, 3.05) is 26.8 Å². The number of pyridine rings is 2. The van der Waals surface area contributed by atoms with Crippen LogP contribution in [-0.2, 0) is 11.2 Å². The van der Waals surface area contributed by atoms with Gasteiger partial charge in [-0.05, 0) is 55.2 Å². The molecule has 3 aromatic heterocycles. The fraction of sp³-hybridized carbons (Fsp3) is 0.400. The number of alkyl halides is 3. The first-order valence-electron chi connectivity index (χ1n) is 11.6. The Morgan fingerprint density at radius 3 is 2.67 bits per heavy atom. The summed E-state index contributed by atoms with van der Waals surface area (Å²) in [5, 5.41) is 8.90. The third-order valence-corrected chi connectivity index (χ3v) is 6.61. The molecule has 0 spiro atoms. The summed E-state index contributed by atoms with van der Waals surface area (Å²) >= 11 is 0. The Balaban J connectivity index is 1.56. The van der Waals surface area contributed by atoms with Crippen molar-refractivity contribution in [2.45, 2.75) is 37.5 Å². The molecule has 0 amide bonds. The molecule has 1 aliphatic rings. The number of benzene rings is 1. The maximum atomic E-state index is 14.4. The topological polar surface area (TPSA) is 81.6 Å². The van der Waals surface area contributed by atoms with Crippen LogP contribution in [0.1, 0.15) is 30.5 Å². The molecule has 2 N–H and O–H groups in total. The third-order valence-electron chi connectivity index (χ3n) is 6.61. The molecule has 1 aliphatic heterocycles. The summed E-state index contributed by atoms with van der Waals surface area (Å²) in [6.07, 6.45) is -2.21. The highest BCUT2D eigenvalue weighted by atomic mass is 19.4. The average Bonchev–Trinajstić information content (AvgIpc) is 3.39. The highest BCUT2D eigenvalue weighted by Crippen LogP contribution is 2.41. The van der Waals surface area contributed by atoms with Gasteiger partial charge in [0.1, 0.15) is 17.6 Å². The fourth-order valence-corrected chi connectivity index (χ4v) is 4.81. The number of nitrogens with zero attached hydrogens (tertiary/aromatic N) is 5. The quantitative estimate of drug-likeness (QED) is 0.396. The summed E-state index contributed by atoms with van der Waals surface area (Å²) in [5.74, 6) is -0.0529. The molecule has 5 rings (SSSR count). The van der Waals surface area contributed by atoms with E-state index in [1.54, 1.807) is 32.2 Å². The molecule has 1 aromatic carbocycles. The van der Waals surface area contributed by atoms with Crippen LogP contribution in [0.15, 0.2) is 42.6 Å². The highest BCUT2D eigenvalue weighted by Gasteiger charge is 2.48. The molecule has 2 atom stereocenters. The number of methoxy groups -OCH3 is 1. The fourth-order valence-electron chi connectivity index (χ4n) is 4.81. The summed E-state index contributed by atoms with van der Waals surface area (Å²) < 4.78 is 63.6. The molecule has 4 aromatic rings. The predicted octanol–water partition coefficient (Wildman–Crippen LogP) is 4.30. The van der Waals surface area contributed by atoms with Crippen LogP contribution in [0.5, 0.6) is 0 Å². The molecular formula is C25H26F4N6O. The van der Waals surface area contributed by atoms with E-state index in [2.05, 4.69) is 15.2 Å². The molecule has 1 fully saturated rings. The van der Waals surface area contributed by atoms with Crippen molar-refractivity contribution in [3.8, 4) is 11.5 Å². The Labute approximate surface area is 204 Å². The smallest absolute Gasteiger partial charge is 0.384 e. The second-order valence-electron chi connectivity index (χ2n) is 9.61. The van der Waals surface area contributed by atoms with Crippen LogP contribution >= 0.6 is 0 Å². The normalized spacial score (nSPS) is 20.0. The standard InChI is InChI=1S/C25H26F4N6O/c1-24(30)8-9-34(14-24)22(25(27,28)29)17-4-6-21-32-33-23(35(21)13-17)19-5-3-16-11-18(26)15(7-10-36-2)12-20(16)31-19/h3-6,11-13,22H,7-10,14,30H2,1-2H3/t22-,24?/m0/s1. The molecule has 0 aliphatic carbocycles. The van der Waals surface area contributed by atoms with E-state index in [1.165, 1.54) is 33.7 Å². The van der Waals surface area contributed by atoms with Crippen LogP contribution in [0.4, 0.5) is 17.6 Å². The van der Waals surface area contributed by atoms with E-state index in [0.717, 1.165) is 0 Å². The van der Waals surface area contributed by atoms with Gasteiger partial charge in [0.05, 0.1) is 12.1 Å². The lowest BCUT2D eigenvalue weighted by Gasteiger charge is -2.31. The predicted molar refractivity (Wildman–Crippen MR) is 127 cm³/mol. The van der Waals surface area contributed by atoms with E-state index in [4.69, 9.17) is 10.5 Å². The molecule has 190 valence electrons. The van der Waals surface area contributed by atoms with Crippen LogP contribution in [0.2, 0.25) is 0 Å². The first-order valence-corrected chi connectivity index (χ1v) is 11.6. The second-order valence-corrected chi connectivity index (χ2v) is 9.61. The Kier molecular flexibility index (Phi) is 6.17. The van der Waals surface area contributed by atoms with Crippen molar-refractivity contribution in [3.05, 3.63) is 59.5 Å². The lowest BCUT2D eigenvalue weighted by atomic mass is 10.0. The van der Waals surface area contributed by atoms with Gasteiger partial charge in [-0.1, -0.05) is 12.1 Å². The maximum Gasteiger partial charge on any atom is 0.408 e. The molecule has 0 bridgehead atoms. The Hall–Kier alpha value is -3.15. The molecule has 7 nitrogen and oxygen atoms in total. The van der Waals surface area contributed by atoms with E-state index >= 15 is 0 Å². The lowest BCUT2D eigenvalue weighted by molar-refractivity contribution is -0.184. The Morgan fingerprint density at radius 1 is 1.17 bits per heavy atom. The van der Waals surface area contributed by atoms with Crippen molar-refractivity contribution < 1.29 is 22.3 Å². The van der Waals surface area contributed by atoms with Crippen LogP contribution in [-0.4, -0.2) is 63.0 Å². The van der Waals surface area contributed by atoms with Crippen molar-refractivity contribution in [1.82, 2.24) is 24.5 Å². The number of halogens is 4. The monoisotopic (exact) mass is 502 g/mol. The number of rotatable bonds is 6. The van der Waals surface area contributed by atoms with E-state index in [1.807, 2.05) is 0 Å². The molecule has 0 radical (unpaired) electrons. The molecule has 0 saturated carbocycles. The largest absolute Gasteiger partial charge is 0.408 e. The number of fused-ring (bicyclic) bond motifs is 2. The summed E-state index contributed by atoms with van der Waals surface area (Å²) in [7, 11) is 1.54. The number of ether oxygens (including phenoxy) is 1. The first kappa shape index (κ1) is 24.5. The number of aromatic nitrogens is 4. The molecular weight excluding hydrogens is 476 g/mol. The Bertz CT molecular complexity index is 1420. The second kappa shape index (κ2) is 9.06. The molecule has 1 unspecified atom stereocenters. The van der Waals surface area contributed by atoms with E-state index in [0.29, 0.717) is 53.1 Å². The number of hydrogen-bond donors (Lipinski definition) is 1. The van der Waals surface area contributed by atoms with Gasteiger partial charge < -0.3 is 10.5 Å². The van der Waals surface area contributed by atoms with Crippen LogP contribution in [0.25, 0.3) is 28.1 Å². The lowest BCUT2D eigenvalue weighted by Crippen LogP contribution is -2.43. The Morgan fingerprint density at radius 2 is 1.97 bits per heavy atom. The summed E-state index contributed by atoms with van der Waals surface area (Å²) in [6.45, 7) is 2.51. The van der Waals surface area contributed by atoms with Crippen molar-refractivity contribution in [3.63, 3.8) is 0 Å². The minimum absolute atomic E-state index is 0.0680. The van der Waals surface area contributed by atoms with Crippen LogP contribution < -0.4 is 5.73 Å². The van der Waals surface area contributed by atoms with Gasteiger partial charge in [-0.15, -0.1) is 10.2 Å². The highest BCUT2D eigenvalue weighted by molar-refractivity contribution is 5.82. The number of nitrogens with two attached hydrogens (primary N) is 1. The zero-order valence-electron chi connectivity index (χ0n) is 19.9. The summed E-state index contributed by atoms with van der Waals surface area (Å²) in [6, 6.07) is 7.56. The maximum absolute atomic E-state index is 14.4. The van der Waals surface area contributed by atoms with Gasteiger partial charge >= 0.3 is 6.18 Å². The van der Waals surface area contributed by atoms with E-state index in [-0.39, 0.29) is 24.5 Å². The minimum Gasteiger partial charge on any atom is -0.384 e. The zero-order chi connectivity index (χ0) is 25.7. The van der Waals surface area contributed by atoms with Gasteiger partial charge in [-0.3, -0.25) is 9.30 Å². The van der Waals surface area contributed by atoms with Gasteiger partial charge in [0, 0.05) is 37.3 Å². The molecule has 4 heterocycles. The van der Waals surface area contributed by atoms with E-state index in [9.17, 15) is 17.6 Å². The van der Waals surface area contributed by atoms with Crippen LogP contribution in [0.3, 0.4) is 0 Å².